The van der Waals surface area contributed by atoms with Gasteiger partial charge in [-0.3, -0.25) is 9.82 Å². The molecule has 2 aromatic rings. The summed E-state index contributed by atoms with van der Waals surface area (Å²) in [5.41, 5.74) is 0.160. The standard InChI is InChI=1S/C10H9ClFN3O2S/c1-6-10(5-13-14-6)18(16,17)15-9-4-7(11)2-3-8(9)12/h2-5,15H,1H3,(H,13,14). The lowest BCUT2D eigenvalue weighted by Crippen LogP contribution is -2.14. The van der Waals surface area contributed by atoms with E-state index in [1.54, 1.807) is 6.92 Å². The summed E-state index contributed by atoms with van der Waals surface area (Å²) in [5.74, 6) is -0.705. The third kappa shape index (κ3) is 2.46. The van der Waals surface area contributed by atoms with Crippen LogP contribution in [0.15, 0.2) is 29.3 Å². The smallest absolute Gasteiger partial charge is 0.265 e. The second kappa shape index (κ2) is 4.58. The van der Waals surface area contributed by atoms with Gasteiger partial charge in [-0.15, -0.1) is 0 Å². The van der Waals surface area contributed by atoms with Gasteiger partial charge in [0.25, 0.3) is 10.0 Å². The first-order chi connectivity index (χ1) is 8.40. The first kappa shape index (κ1) is 12.8. The number of hydrogen-bond donors (Lipinski definition) is 2. The van der Waals surface area contributed by atoms with Crippen LogP contribution in [0.2, 0.25) is 5.02 Å². The van der Waals surface area contributed by atoms with Crippen LogP contribution in [0.25, 0.3) is 0 Å². The van der Waals surface area contributed by atoms with Crippen LogP contribution in [-0.4, -0.2) is 18.6 Å². The number of anilines is 1. The molecular weight excluding hydrogens is 281 g/mol. The molecule has 0 bridgehead atoms. The molecule has 1 heterocycles. The topological polar surface area (TPSA) is 74.8 Å². The van der Waals surface area contributed by atoms with Crippen molar-refractivity contribution in [2.75, 3.05) is 4.72 Å². The first-order valence-corrected chi connectivity index (χ1v) is 6.74. The summed E-state index contributed by atoms with van der Waals surface area (Å²) in [4.78, 5) is -0.0399. The highest BCUT2D eigenvalue weighted by molar-refractivity contribution is 7.92. The molecule has 0 aliphatic rings. The van der Waals surface area contributed by atoms with E-state index in [9.17, 15) is 12.8 Å². The van der Waals surface area contributed by atoms with Crippen molar-refractivity contribution in [3.05, 3.63) is 40.9 Å². The normalized spacial score (nSPS) is 11.5. The Morgan fingerprint density at radius 3 is 2.78 bits per heavy atom. The maximum atomic E-state index is 13.4. The van der Waals surface area contributed by atoms with Crippen molar-refractivity contribution >= 4 is 27.3 Å². The zero-order valence-corrected chi connectivity index (χ0v) is 10.8. The van der Waals surface area contributed by atoms with E-state index in [0.29, 0.717) is 5.69 Å². The maximum absolute atomic E-state index is 13.4. The summed E-state index contributed by atoms with van der Waals surface area (Å²) in [5, 5.41) is 6.34. The van der Waals surface area contributed by atoms with E-state index >= 15 is 0 Å². The van der Waals surface area contributed by atoms with Crippen molar-refractivity contribution in [3.8, 4) is 0 Å². The molecule has 0 unspecified atom stereocenters. The van der Waals surface area contributed by atoms with Crippen LogP contribution in [0.1, 0.15) is 5.69 Å². The Labute approximate surface area is 108 Å². The number of hydrogen-bond acceptors (Lipinski definition) is 3. The molecule has 5 nitrogen and oxygen atoms in total. The molecule has 1 aromatic carbocycles. The fourth-order valence-corrected chi connectivity index (χ4v) is 2.75. The molecular formula is C10H9ClFN3O2S. The van der Waals surface area contributed by atoms with Gasteiger partial charge in [-0.05, 0) is 25.1 Å². The average molecular weight is 290 g/mol. The predicted molar refractivity (Wildman–Crippen MR) is 65.5 cm³/mol. The lowest BCUT2D eigenvalue weighted by atomic mass is 10.3. The van der Waals surface area contributed by atoms with Crippen LogP contribution in [0.3, 0.4) is 0 Å². The van der Waals surface area contributed by atoms with E-state index < -0.39 is 15.8 Å². The van der Waals surface area contributed by atoms with Crippen LogP contribution >= 0.6 is 11.6 Å². The van der Waals surface area contributed by atoms with E-state index in [2.05, 4.69) is 14.9 Å². The zero-order chi connectivity index (χ0) is 13.3. The number of H-pyrrole nitrogens is 1. The third-order valence-corrected chi connectivity index (χ3v) is 3.96. The van der Waals surface area contributed by atoms with E-state index in [1.807, 2.05) is 0 Å². The number of rotatable bonds is 3. The van der Waals surface area contributed by atoms with E-state index in [1.165, 1.54) is 12.1 Å². The number of nitrogens with zero attached hydrogens (tertiary/aromatic N) is 1. The lowest BCUT2D eigenvalue weighted by Gasteiger charge is -2.08. The van der Waals surface area contributed by atoms with E-state index in [0.717, 1.165) is 12.3 Å². The number of nitrogens with one attached hydrogen (secondary N) is 2. The van der Waals surface area contributed by atoms with Crippen LogP contribution in [0, 0.1) is 12.7 Å². The van der Waals surface area contributed by atoms with Crippen molar-refractivity contribution < 1.29 is 12.8 Å². The van der Waals surface area contributed by atoms with Crippen molar-refractivity contribution in [1.82, 2.24) is 10.2 Å². The monoisotopic (exact) mass is 289 g/mol. The number of aryl methyl sites for hydroxylation is 1. The summed E-state index contributed by atoms with van der Waals surface area (Å²) in [6, 6.07) is 3.62. The minimum atomic E-state index is -3.88. The van der Waals surface area contributed by atoms with Gasteiger partial charge in [0, 0.05) is 5.02 Å². The van der Waals surface area contributed by atoms with Gasteiger partial charge >= 0.3 is 0 Å². The molecule has 0 saturated heterocycles. The van der Waals surface area contributed by atoms with Gasteiger partial charge in [0.15, 0.2) is 0 Å². The van der Waals surface area contributed by atoms with Crippen molar-refractivity contribution in [2.24, 2.45) is 0 Å². The molecule has 2 N–H and O–H groups in total. The number of benzene rings is 1. The minimum Gasteiger partial charge on any atom is -0.281 e. The van der Waals surface area contributed by atoms with Crippen LogP contribution in [0.4, 0.5) is 10.1 Å². The summed E-state index contributed by atoms with van der Waals surface area (Å²) >= 11 is 5.68. The van der Waals surface area contributed by atoms with Gasteiger partial charge < -0.3 is 0 Å². The average Bonchev–Trinajstić information content (AvgIpc) is 2.70. The summed E-state index contributed by atoms with van der Waals surface area (Å²) in [7, 11) is -3.88. The molecule has 1 aromatic heterocycles. The Kier molecular flexibility index (Phi) is 3.27. The third-order valence-electron chi connectivity index (χ3n) is 2.25. The van der Waals surface area contributed by atoms with Gasteiger partial charge in [-0.25, -0.2) is 12.8 Å². The second-order valence-electron chi connectivity index (χ2n) is 3.59. The van der Waals surface area contributed by atoms with Crippen molar-refractivity contribution in [3.63, 3.8) is 0 Å². The van der Waals surface area contributed by atoms with Gasteiger partial charge in [-0.2, -0.15) is 5.10 Å². The molecule has 0 aliphatic heterocycles. The highest BCUT2D eigenvalue weighted by Crippen LogP contribution is 2.23. The molecule has 0 aliphatic carbocycles. The molecule has 0 spiro atoms. The van der Waals surface area contributed by atoms with E-state index in [-0.39, 0.29) is 15.6 Å². The number of halogens is 2. The van der Waals surface area contributed by atoms with Gasteiger partial charge in [0.1, 0.15) is 10.7 Å². The lowest BCUT2D eigenvalue weighted by molar-refractivity contribution is 0.598. The van der Waals surface area contributed by atoms with E-state index in [4.69, 9.17) is 11.6 Å². The summed E-state index contributed by atoms with van der Waals surface area (Å²) in [6.07, 6.45) is 1.15. The van der Waals surface area contributed by atoms with Crippen LogP contribution in [-0.2, 0) is 10.0 Å². The minimum absolute atomic E-state index is 0.0399. The highest BCUT2D eigenvalue weighted by atomic mass is 35.5. The molecule has 0 atom stereocenters. The molecule has 0 amide bonds. The molecule has 96 valence electrons. The molecule has 0 radical (unpaired) electrons. The Hall–Kier alpha value is -1.60. The molecule has 8 heteroatoms. The predicted octanol–water partition coefficient (Wildman–Crippen LogP) is 2.31. The van der Waals surface area contributed by atoms with Gasteiger partial charge in [-0.1, -0.05) is 11.6 Å². The number of aromatic amines is 1. The highest BCUT2D eigenvalue weighted by Gasteiger charge is 2.20. The molecule has 18 heavy (non-hydrogen) atoms. The van der Waals surface area contributed by atoms with Crippen LogP contribution < -0.4 is 4.72 Å². The zero-order valence-electron chi connectivity index (χ0n) is 9.24. The summed E-state index contributed by atoms with van der Waals surface area (Å²) in [6.45, 7) is 1.55. The Morgan fingerprint density at radius 2 is 2.17 bits per heavy atom. The fourth-order valence-electron chi connectivity index (χ4n) is 1.39. The van der Waals surface area contributed by atoms with Crippen molar-refractivity contribution in [1.29, 1.82) is 0 Å². The molecule has 0 saturated carbocycles. The molecule has 2 rings (SSSR count). The Morgan fingerprint density at radius 1 is 1.44 bits per heavy atom. The van der Waals surface area contributed by atoms with Crippen LogP contribution in [0.5, 0.6) is 0 Å². The Balaban J connectivity index is 2.40. The number of aromatic nitrogens is 2. The van der Waals surface area contributed by atoms with Gasteiger partial charge in [0.05, 0.1) is 17.6 Å². The maximum Gasteiger partial charge on any atom is 0.265 e. The fraction of sp³-hybridized carbons (Fsp3) is 0.100. The Bertz CT molecular complexity index is 684. The summed E-state index contributed by atoms with van der Waals surface area (Å²) < 4.78 is 39.5. The molecule has 0 fully saturated rings. The SMILES string of the molecule is Cc1[nH]ncc1S(=O)(=O)Nc1cc(Cl)ccc1F. The first-order valence-electron chi connectivity index (χ1n) is 4.88. The number of sulfonamides is 1. The quantitative estimate of drug-likeness (QED) is 0.910. The van der Waals surface area contributed by atoms with Gasteiger partial charge in [0.2, 0.25) is 0 Å². The second-order valence-corrected chi connectivity index (χ2v) is 5.68. The van der Waals surface area contributed by atoms with Crippen molar-refractivity contribution in [2.45, 2.75) is 11.8 Å². The largest absolute Gasteiger partial charge is 0.281 e.